The largest absolute Gasteiger partial charge is 0.459 e. The van der Waals surface area contributed by atoms with Crippen LogP contribution in [0.5, 0.6) is 0 Å². The van der Waals surface area contributed by atoms with Crippen molar-refractivity contribution >= 4 is 43.5 Å². The van der Waals surface area contributed by atoms with Crippen LogP contribution in [-0.2, 0) is 6.61 Å². The normalized spacial score (nSPS) is 10.8. The summed E-state index contributed by atoms with van der Waals surface area (Å²) in [4.78, 5) is 0. The average Bonchev–Trinajstić information content (AvgIpc) is 2.73. The Kier molecular flexibility index (Phi) is 3.74. The first-order valence-corrected chi connectivity index (χ1v) is 6.42. The molecule has 2 rings (SSSR count). The molecule has 0 aliphatic heterocycles. The lowest BCUT2D eigenvalue weighted by atomic mass is 10.2. The predicted octanol–water partition coefficient (Wildman–Crippen LogP) is 4.62. The van der Waals surface area contributed by atoms with E-state index in [1.54, 1.807) is 6.07 Å². The third kappa shape index (κ3) is 2.35. The fraction of sp³-hybridized carbons (Fsp3) is 0.0909. The van der Waals surface area contributed by atoms with E-state index in [1.807, 2.05) is 18.2 Å². The van der Waals surface area contributed by atoms with Crippen LogP contribution in [0.2, 0.25) is 5.02 Å². The molecule has 1 aromatic carbocycles. The molecule has 0 bridgehead atoms. The summed E-state index contributed by atoms with van der Waals surface area (Å²) in [6, 6.07) is 7.29. The van der Waals surface area contributed by atoms with Crippen molar-refractivity contribution in [3.8, 4) is 11.3 Å². The van der Waals surface area contributed by atoms with Gasteiger partial charge in [-0.3, -0.25) is 0 Å². The van der Waals surface area contributed by atoms with E-state index in [1.165, 1.54) is 0 Å². The summed E-state index contributed by atoms with van der Waals surface area (Å²) in [6.07, 6.45) is 0. The highest BCUT2D eigenvalue weighted by Gasteiger charge is 2.09. The average molecular weight is 366 g/mol. The summed E-state index contributed by atoms with van der Waals surface area (Å²) in [5.41, 5.74) is 0.892. The van der Waals surface area contributed by atoms with Crippen LogP contribution in [0.3, 0.4) is 0 Å². The Labute approximate surface area is 114 Å². The zero-order chi connectivity index (χ0) is 11.7. The molecule has 1 N–H and O–H groups in total. The Balaban J connectivity index is 2.48. The molecule has 2 nitrogen and oxygen atoms in total. The summed E-state index contributed by atoms with van der Waals surface area (Å²) < 4.78 is 7.02. The van der Waals surface area contributed by atoms with Gasteiger partial charge in [-0.1, -0.05) is 11.6 Å². The van der Waals surface area contributed by atoms with E-state index in [0.717, 1.165) is 14.5 Å². The monoisotopic (exact) mass is 364 g/mol. The number of benzene rings is 1. The Morgan fingerprint density at radius 2 is 1.81 bits per heavy atom. The second-order valence-electron chi connectivity index (χ2n) is 3.18. The molecule has 0 aliphatic carbocycles. The molecule has 0 amide bonds. The first-order chi connectivity index (χ1) is 7.61. The van der Waals surface area contributed by atoms with Gasteiger partial charge in [0, 0.05) is 14.5 Å². The van der Waals surface area contributed by atoms with Gasteiger partial charge >= 0.3 is 0 Å². The molecule has 0 unspecified atom stereocenters. The smallest absolute Gasteiger partial charge is 0.134 e. The number of aliphatic hydroxyl groups excluding tert-OH is 1. The fourth-order valence-electron chi connectivity index (χ4n) is 1.32. The van der Waals surface area contributed by atoms with Crippen LogP contribution in [0.4, 0.5) is 0 Å². The predicted molar refractivity (Wildman–Crippen MR) is 70.5 cm³/mol. The fourth-order valence-corrected chi connectivity index (χ4v) is 2.61. The van der Waals surface area contributed by atoms with Gasteiger partial charge in [0.05, 0.1) is 5.02 Å². The third-order valence-electron chi connectivity index (χ3n) is 2.09. The van der Waals surface area contributed by atoms with E-state index in [2.05, 4.69) is 31.9 Å². The standard InChI is InChI=1S/C11H7Br2ClO2/c12-8-3-6(4-9(13)11(8)14)10-2-1-7(5-15)16-10/h1-4,15H,5H2. The molecule has 0 radical (unpaired) electrons. The summed E-state index contributed by atoms with van der Waals surface area (Å²) in [5, 5.41) is 9.54. The maximum atomic E-state index is 8.92. The van der Waals surface area contributed by atoms with Crippen molar-refractivity contribution in [1.29, 1.82) is 0 Å². The summed E-state index contributed by atoms with van der Waals surface area (Å²) in [6.45, 7) is -0.101. The molecule has 16 heavy (non-hydrogen) atoms. The zero-order valence-electron chi connectivity index (χ0n) is 8.01. The first kappa shape index (κ1) is 12.2. The Morgan fingerprint density at radius 1 is 1.19 bits per heavy atom. The summed E-state index contributed by atoms with van der Waals surface area (Å²) in [7, 11) is 0. The lowest BCUT2D eigenvalue weighted by Crippen LogP contribution is -1.79. The number of hydrogen-bond acceptors (Lipinski definition) is 2. The van der Waals surface area contributed by atoms with Crippen LogP contribution in [0, 0.1) is 0 Å². The van der Waals surface area contributed by atoms with Crippen molar-refractivity contribution in [3.63, 3.8) is 0 Å². The van der Waals surface area contributed by atoms with Crippen LogP contribution in [-0.4, -0.2) is 5.11 Å². The van der Waals surface area contributed by atoms with Crippen molar-refractivity contribution < 1.29 is 9.52 Å². The van der Waals surface area contributed by atoms with Gasteiger partial charge in [0.25, 0.3) is 0 Å². The molecular weight excluding hydrogens is 359 g/mol. The van der Waals surface area contributed by atoms with Crippen LogP contribution < -0.4 is 0 Å². The molecule has 1 aromatic heterocycles. The quantitative estimate of drug-likeness (QED) is 0.787. The number of rotatable bonds is 2. The minimum atomic E-state index is -0.101. The van der Waals surface area contributed by atoms with E-state index in [9.17, 15) is 0 Å². The number of hydrogen-bond donors (Lipinski definition) is 1. The van der Waals surface area contributed by atoms with Gasteiger partial charge in [-0.15, -0.1) is 0 Å². The molecule has 2 aromatic rings. The minimum Gasteiger partial charge on any atom is -0.459 e. The number of halogens is 3. The van der Waals surface area contributed by atoms with Crippen molar-refractivity contribution in [1.82, 2.24) is 0 Å². The Morgan fingerprint density at radius 3 is 2.31 bits per heavy atom. The zero-order valence-corrected chi connectivity index (χ0v) is 11.9. The van der Waals surface area contributed by atoms with Crippen molar-refractivity contribution in [2.24, 2.45) is 0 Å². The molecular formula is C11H7Br2ClO2. The maximum Gasteiger partial charge on any atom is 0.134 e. The molecule has 84 valence electrons. The van der Waals surface area contributed by atoms with Crippen molar-refractivity contribution in [2.75, 3.05) is 0 Å². The topological polar surface area (TPSA) is 33.4 Å². The van der Waals surface area contributed by atoms with Gasteiger partial charge in [-0.25, -0.2) is 0 Å². The van der Waals surface area contributed by atoms with Gasteiger partial charge < -0.3 is 9.52 Å². The van der Waals surface area contributed by atoms with Gasteiger partial charge in [-0.2, -0.15) is 0 Å². The van der Waals surface area contributed by atoms with Crippen LogP contribution in [0.1, 0.15) is 5.76 Å². The lowest BCUT2D eigenvalue weighted by molar-refractivity contribution is 0.248. The Bertz CT molecular complexity index is 499. The highest BCUT2D eigenvalue weighted by molar-refractivity contribution is 9.11. The van der Waals surface area contributed by atoms with E-state index in [0.29, 0.717) is 16.5 Å². The molecule has 0 fully saturated rings. The first-order valence-electron chi connectivity index (χ1n) is 4.46. The van der Waals surface area contributed by atoms with E-state index in [-0.39, 0.29) is 6.61 Å². The maximum absolute atomic E-state index is 8.92. The molecule has 0 spiro atoms. The highest BCUT2D eigenvalue weighted by Crippen LogP contribution is 2.35. The second-order valence-corrected chi connectivity index (χ2v) is 5.26. The second kappa shape index (κ2) is 4.92. The minimum absolute atomic E-state index is 0.101. The van der Waals surface area contributed by atoms with E-state index in [4.69, 9.17) is 21.1 Å². The Hall–Kier alpha value is -0.290. The molecule has 0 saturated carbocycles. The molecule has 0 saturated heterocycles. The van der Waals surface area contributed by atoms with Gasteiger partial charge in [-0.05, 0) is 56.1 Å². The van der Waals surface area contributed by atoms with Crippen LogP contribution in [0.15, 0.2) is 37.6 Å². The van der Waals surface area contributed by atoms with Crippen molar-refractivity contribution in [2.45, 2.75) is 6.61 Å². The summed E-state index contributed by atoms with van der Waals surface area (Å²) >= 11 is 12.7. The molecule has 1 heterocycles. The number of aliphatic hydroxyl groups is 1. The van der Waals surface area contributed by atoms with E-state index < -0.39 is 0 Å². The molecule has 0 atom stereocenters. The van der Waals surface area contributed by atoms with Crippen molar-refractivity contribution in [3.05, 3.63) is 44.0 Å². The van der Waals surface area contributed by atoms with E-state index >= 15 is 0 Å². The third-order valence-corrected chi connectivity index (χ3v) is 4.20. The number of furan rings is 1. The summed E-state index contributed by atoms with van der Waals surface area (Å²) in [5.74, 6) is 1.24. The molecule has 5 heteroatoms. The van der Waals surface area contributed by atoms with Gasteiger partial charge in [0.1, 0.15) is 18.1 Å². The molecule has 0 aliphatic rings. The van der Waals surface area contributed by atoms with Crippen LogP contribution in [0.25, 0.3) is 11.3 Å². The van der Waals surface area contributed by atoms with Gasteiger partial charge in [0.2, 0.25) is 0 Å². The lowest BCUT2D eigenvalue weighted by Gasteiger charge is -2.03. The van der Waals surface area contributed by atoms with Gasteiger partial charge in [0.15, 0.2) is 0 Å². The van der Waals surface area contributed by atoms with Crippen LogP contribution >= 0.6 is 43.5 Å². The SMILES string of the molecule is OCc1ccc(-c2cc(Br)c(Cl)c(Br)c2)o1. The highest BCUT2D eigenvalue weighted by atomic mass is 79.9.